The summed E-state index contributed by atoms with van der Waals surface area (Å²) in [7, 11) is 1.19. The molecule has 0 saturated carbocycles. The lowest BCUT2D eigenvalue weighted by molar-refractivity contribution is -0.316. The molecule has 0 bridgehead atoms. The molecule has 35 heavy (non-hydrogen) atoms. The summed E-state index contributed by atoms with van der Waals surface area (Å²) in [5.41, 5.74) is 0. The van der Waals surface area contributed by atoms with Crippen molar-refractivity contribution in [1.82, 2.24) is 0 Å². The van der Waals surface area contributed by atoms with E-state index >= 15 is 0 Å². The molecule has 1 aliphatic heterocycles. The number of rotatable bonds is 10. The van der Waals surface area contributed by atoms with Crippen LogP contribution in [0.25, 0.3) is 0 Å². The van der Waals surface area contributed by atoms with Crippen LogP contribution >= 0.6 is 0 Å². The molecular weight excluding hydrogens is 476 g/mol. The van der Waals surface area contributed by atoms with Gasteiger partial charge < -0.3 is 37.9 Å². The van der Waals surface area contributed by atoms with Crippen molar-refractivity contribution in [2.75, 3.05) is 13.7 Å². The third-order valence-corrected chi connectivity index (χ3v) is 4.43. The number of ether oxygens (including phenoxy) is 8. The Morgan fingerprint density at radius 3 is 1.57 bits per heavy atom. The molecule has 0 radical (unpaired) electrons. The zero-order valence-corrected chi connectivity index (χ0v) is 20.5. The van der Waals surface area contributed by atoms with Crippen molar-refractivity contribution in [3.8, 4) is 0 Å². The van der Waals surface area contributed by atoms with Gasteiger partial charge in [-0.1, -0.05) is 0 Å². The van der Waals surface area contributed by atoms with Gasteiger partial charge in [0.2, 0.25) is 0 Å². The number of esters is 6. The van der Waals surface area contributed by atoms with Crippen LogP contribution < -0.4 is 0 Å². The first kappa shape index (κ1) is 29.8. The maximum absolute atomic E-state index is 12.0. The van der Waals surface area contributed by atoms with Gasteiger partial charge in [-0.25, -0.2) is 0 Å². The fourth-order valence-corrected chi connectivity index (χ4v) is 3.41. The largest absolute Gasteiger partial charge is 0.462 e. The van der Waals surface area contributed by atoms with Gasteiger partial charge in [-0.3, -0.25) is 28.8 Å². The molecule has 14 nitrogen and oxygen atoms in total. The summed E-state index contributed by atoms with van der Waals surface area (Å²) in [5.74, 6) is -4.89. The molecule has 1 heterocycles. The Morgan fingerprint density at radius 2 is 1.14 bits per heavy atom. The van der Waals surface area contributed by atoms with E-state index in [1.54, 1.807) is 0 Å². The summed E-state index contributed by atoms with van der Waals surface area (Å²) >= 11 is 0. The van der Waals surface area contributed by atoms with Gasteiger partial charge in [-0.15, -0.1) is 0 Å². The van der Waals surface area contributed by atoms with Crippen LogP contribution in [-0.4, -0.2) is 92.4 Å². The quantitative estimate of drug-likeness (QED) is 0.276. The summed E-state index contributed by atoms with van der Waals surface area (Å²) in [6.07, 6.45) is -10.4. The fourth-order valence-electron chi connectivity index (χ4n) is 3.41. The second-order valence-corrected chi connectivity index (χ2v) is 7.45. The van der Waals surface area contributed by atoms with Crippen molar-refractivity contribution in [3.63, 3.8) is 0 Å². The predicted octanol–water partition coefficient (Wildman–Crippen LogP) is -0.421. The lowest BCUT2D eigenvalue weighted by Gasteiger charge is -2.46. The van der Waals surface area contributed by atoms with Gasteiger partial charge >= 0.3 is 35.8 Å². The van der Waals surface area contributed by atoms with Gasteiger partial charge in [0.1, 0.15) is 12.7 Å². The van der Waals surface area contributed by atoms with Crippen molar-refractivity contribution in [1.29, 1.82) is 0 Å². The molecule has 0 N–H and O–H groups in total. The van der Waals surface area contributed by atoms with Crippen molar-refractivity contribution in [3.05, 3.63) is 0 Å². The smallest absolute Gasteiger partial charge is 0.303 e. The first-order chi connectivity index (χ1) is 16.3. The minimum Gasteiger partial charge on any atom is -0.462 e. The van der Waals surface area contributed by atoms with E-state index in [9.17, 15) is 28.8 Å². The van der Waals surface area contributed by atoms with E-state index in [0.717, 1.165) is 41.5 Å². The molecule has 14 heteroatoms. The summed E-state index contributed by atoms with van der Waals surface area (Å²) in [6.45, 7) is 5.85. The van der Waals surface area contributed by atoms with Crippen LogP contribution in [0.2, 0.25) is 0 Å². The molecule has 1 unspecified atom stereocenters. The van der Waals surface area contributed by atoms with E-state index in [0.29, 0.717) is 0 Å². The average Bonchev–Trinajstić information content (AvgIpc) is 2.70. The Kier molecular flexibility index (Phi) is 11.6. The third kappa shape index (κ3) is 9.48. The molecule has 1 aliphatic rings. The highest BCUT2D eigenvalue weighted by Crippen LogP contribution is 2.33. The number of carbonyl (C=O) groups is 6. The second kappa shape index (κ2) is 13.6. The monoisotopic (exact) mass is 506 g/mol. The fraction of sp³-hybridized carbons (Fsp3) is 0.714. The number of methoxy groups -OCH3 is 1. The minimum absolute atomic E-state index is 0.567. The molecule has 0 spiro atoms. The van der Waals surface area contributed by atoms with Crippen molar-refractivity contribution < 1.29 is 66.7 Å². The van der Waals surface area contributed by atoms with Gasteiger partial charge in [0.05, 0.1) is 0 Å². The molecule has 7 atom stereocenters. The average molecular weight is 506 g/mol. The predicted molar refractivity (Wildman–Crippen MR) is 110 cm³/mol. The van der Waals surface area contributed by atoms with E-state index in [2.05, 4.69) is 0 Å². The highest BCUT2D eigenvalue weighted by atomic mass is 16.7. The van der Waals surface area contributed by atoms with Gasteiger partial charge in [0.25, 0.3) is 0 Å². The van der Waals surface area contributed by atoms with Crippen LogP contribution in [0, 0.1) is 0 Å². The zero-order chi connectivity index (χ0) is 26.9. The van der Waals surface area contributed by atoms with E-state index < -0.39 is 85.3 Å². The van der Waals surface area contributed by atoms with Crippen LogP contribution in [0.5, 0.6) is 0 Å². The summed E-state index contributed by atoms with van der Waals surface area (Å²) in [4.78, 5) is 70.7. The molecular formula is C21H30O14. The minimum atomic E-state index is -1.56. The topological polar surface area (TPSA) is 176 Å². The molecule has 0 aromatic rings. The maximum Gasteiger partial charge on any atom is 0.303 e. The van der Waals surface area contributed by atoms with E-state index in [4.69, 9.17) is 37.9 Å². The Bertz CT molecular complexity index is 790. The standard InChI is InChI=1S/C21H30O14/c1-9(22)29-8-15(30-10(2)23)16(31-11(3)24)17-18(32-12(4)25)19(33-13(5)26)20(34-14(6)27)21(28-7)35-17/h15-21H,8H2,1-7H3/t15-,16-,17-,18-,19-,20-,21?/m1/s1. The lowest BCUT2D eigenvalue weighted by atomic mass is 9.92. The van der Waals surface area contributed by atoms with Crippen molar-refractivity contribution in [2.45, 2.75) is 84.5 Å². The molecule has 1 saturated heterocycles. The van der Waals surface area contributed by atoms with E-state index in [1.165, 1.54) is 7.11 Å². The molecule has 0 amide bonds. The van der Waals surface area contributed by atoms with Gasteiger partial charge in [0.15, 0.2) is 36.8 Å². The molecule has 198 valence electrons. The van der Waals surface area contributed by atoms with Gasteiger partial charge in [0, 0.05) is 48.7 Å². The Hall–Kier alpha value is -3.26. The normalized spacial score (nSPS) is 25.3. The maximum atomic E-state index is 12.0. The van der Waals surface area contributed by atoms with Crippen molar-refractivity contribution >= 4 is 35.8 Å². The van der Waals surface area contributed by atoms with E-state index in [-0.39, 0.29) is 0 Å². The second-order valence-electron chi connectivity index (χ2n) is 7.45. The van der Waals surface area contributed by atoms with Crippen LogP contribution in [0.15, 0.2) is 0 Å². The number of hydrogen-bond acceptors (Lipinski definition) is 14. The van der Waals surface area contributed by atoms with Crippen LogP contribution in [0.1, 0.15) is 41.5 Å². The van der Waals surface area contributed by atoms with E-state index in [1.807, 2.05) is 0 Å². The Balaban J connectivity index is 3.64. The highest BCUT2D eigenvalue weighted by molar-refractivity contribution is 5.69. The number of hydrogen-bond donors (Lipinski definition) is 0. The Morgan fingerprint density at radius 1 is 0.657 bits per heavy atom. The molecule has 0 aliphatic carbocycles. The highest BCUT2D eigenvalue weighted by Gasteiger charge is 2.57. The molecule has 0 aromatic carbocycles. The number of carbonyl (C=O) groups excluding carboxylic acids is 6. The lowest BCUT2D eigenvalue weighted by Crippen LogP contribution is -2.66. The molecule has 1 fully saturated rings. The van der Waals surface area contributed by atoms with Crippen LogP contribution in [0.3, 0.4) is 0 Å². The van der Waals surface area contributed by atoms with Gasteiger partial charge in [-0.05, 0) is 0 Å². The third-order valence-electron chi connectivity index (χ3n) is 4.43. The SMILES string of the molecule is COC1O[C@H]([C@H](OC(C)=O)[C@@H](COC(C)=O)OC(C)=O)[C@@H](OC(C)=O)[C@@H](OC(C)=O)[C@H]1OC(C)=O. The van der Waals surface area contributed by atoms with Gasteiger partial charge in [-0.2, -0.15) is 0 Å². The zero-order valence-electron chi connectivity index (χ0n) is 20.5. The molecule has 0 aromatic heterocycles. The van der Waals surface area contributed by atoms with Crippen LogP contribution in [0.4, 0.5) is 0 Å². The summed E-state index contributed by atoms with van der Waals surface area (Å²) in [5, 5.41) is 0. The summed E-state index contributed by atoms with van der Waals surface area (Å²) < 4.78 is 42.4. The molecule has 1 rings (SSSR count). The first-order valence-corrected chi connectivity index (χ1v) is 10.4. The first-order valence-electron chi connectivity index (χ1n) is 10.4. The summed E-state index contributed by atoms with van der Waals surface area (Å²) in [6, 6.07) is 0. The van der Waals surface area contributed by atoms with Crippen molar-refractivity contribution in [2.24, 2.45) is 0 Å². The Labute approximate surface area is 201 Å². The van der Waals surface area contributed by atoms with Crippen LogP contribution in [-0.2, 0) is 66.7 Å².